The highest BCUT2D eigenvalue weighted by Crippen LogP contribution is 2.05. The molecule has 3 N–H and O–H groups in total. The molecule has 0 fully saturated rings. The molecule has 1 amide bonds. The van der Waals surface area contributed by atoms with Gasteiger partial charge in [-0.25, -0.2) is 4.79 Å². The number of hydrogen-bond donors (Lipinski definition) is 3. The van der Waals surface area contributed by atoms with E-state index < -0.39 is 24.5 Å². The summed E-state index contributed by atoms with van der Waals surface area (Å²) in [5.74, 6) is -1.82. The van der Waals surface area contributed by atoms with Crippen LogP contribution in [-0.4, -0.2) is 41.8 Å². The molecular formula is C12H15NO5. The Balaban J connectivity index is 2.69. The average molecular weight is 253 g/mol. The second-order valence-corrected chi connectivity index (χ2v) is 3.68. The van der Waals surface area contributed by atoms with Gasteiger partial charge < -0.3 is 20.3 Å². The number of carbonyl (C=O) groups is 2. The van der Waals surface area contributed by atoms with E-state index in [-0.39, 0.29) is 0 Å². The SMILES string of the molecule is COCc1ccc(C(=O)NC(CO)C(=O)O)cc1. The van der Waals surface area contributed by atoms with E-state index in [2.05, 4.69) is 5.32 Å². The summed E-state index contributed by atoms with van der Waals surface area (Å²) < 4.78 is 4.93. The van der Waals surface area contributed by atoms with Gasteiger partial charge in [-0.1, -0.05) is 12.1 Å². The van der Waals surface area contributed by atoms with Gasteiger partial charge in [0, 0.05) is 12.7 Å². The summed E-state index contributed by atoms with van der Waals surface area (Å²) in [5, 5.41) is 19.7. The maximum Gasteiger partial charge on any atom is 0.328 e. The van der Waals surface area contributed by atoms with Crippen molar-refractivity contribution in [2.75, 3.05) is 13.7 Å². The van der Waals surface area contributed by atoms with Gasteiger partial charge in [-0.05, 0) is 17.7 Å². The molecular weight excluding hydrogens is 238 g/mol. The number of rotatable bonds is 6. The molecule has 1 unspecified atom stereocenters. The minimum atomic E-state index is -1.30. The van der Waals surface area contributed by atoms with E-state index in [0.29, 0.717) is 12.2 Å². The number of nitrogens with one attached hydrogen (secondary N) is 1. The lowest BCUT2D eigenvalue weighted by molar-refractivity contribution is -0.140. The van der Waals surface area contributed by atoms with Crippen LogP contribution in [0.15, 0.2) is 24.3 Å². The zero-order chi connectivity index (χ0) is 13.5. The van der Waals surface area contributed by atoms with Gasteiger partial charge in [-0.3, -0.25) is 4.79 Å². The number of hydrogen-bond acceptors (Lipinski definition) is 4. The lowest BCUT2D eigenvalue weighted by Crippen LogP contribution is -2.43. The first-order valence-electron chi connectivity index (χ1n) is 5.31. The number of carbonyl (C=O) groups excluding carboxylic acids is 1. The molecule has 0 spiro atoms. The Bertz CT molecular complexity index is 415. The van der Waals surface area contributed by atoms with Crippen LogP contribution in [0.4, 0.5) is 0 Å². The van der Waals surface area contributed by atoms with E-state index in [4.69, 9.17) is 14.9 Å². The summed E-state index contributed by atoms with van der Waals surface area (Å²) in [4.78, 5) is 22.3. The molecule has 1 aromatic carbocycles. The van der Waals surface area contributed by atoms with Crippen molar-refractivity contribution in [1.29, 1.82) is 0 Å². The molecule has 1 atom stereocenters. The first kappa shape index (κ1) is 14.1. The highest BCUT2D eigenvalue weighted by atomic mass is 16.5. The number of amides is 1. The topological polar surface area (TPSA) is 95.9 Å². The molecule has 0 saturated heterocycles. The molecule has 0 bridgehead atoms. The molecule has 1 rings (SSSR count). The van der Waals surface area contributed by atoms with Gasteiger partial charge in [0.2, 0.25) is 0 Å². The minimum Gasteiger partial charge on any atom is -0.480 e. The highest BCUT2D eigenvalue weighted by Gasteiger charge is 2.19. The number of aliphatic carboxylic acids is 1. The molecule has 0 aromatic heterocycles. The Kier molecular flexibility index (Phi) is 5.29. The Morgan fingerprint density at radius 2 is 1.94 bits per heavy atom. The number of aliphatic hydroxyl groups is 1. The molecule has 18 heavy (non-hydrogen) atoms. The Labute approximate surface area is 104 Å². The van der Waals surface area contributed by atoms with Crippen LogP contribution in [0.2, 0.25) is 0 Å². The fraction of sp³-hybridized carbons (Fsp3) is 0.333. The summed E-state index contributed by atoms with van der Waals surface area (Å²) in [6, 6.07) is 5.27. The van der Waals surface area contributed by atoms with Crippen molar-refractivity contribution in [3.05, 3.63) is 35.4 Å². The molecule has 0 radical (unpaired) electrons. The van der Waals surface area contributed by atoms with Gasteiger partial charge in [-0.15, -0.1) is 0 Å². The lowest BCUT2D eigenvalue weighted by Gasteiger charge is -2.11. The van der Waals surface area contributed by atoms with Crippen molar-refractivity contribution in [2.24, 2.45) is 0 Å². The van der Waals surface area contributed by atoms with E-state index in [1.165, 1.54) is 0 Å². The van der Waals surface area contributed by atoms with E-state index >= 15 is 0 Å². The van der Waals surface area contributed by atoms with Crippen LogP contribution in [0, 0.1) is 0 Å². The van der Waals surface area contributed by atoms with Crippen LogP contribution in [0.3, 0.4) is 0 Å². The van der Waals surface area contributed by atoms with Crippen LogP contribution < -0.4 is 5.32 Å². The molecule has 0 aliphatic rings. The number of ether oxygens (including phenoxy) is 1. The summed E-state index contributed by atoms with van der Waals surface area (Å²) >= 11 is 0. The zero-order valence-electron chi connectivity index (χ0n) is 9.92. The molecule has 0 aliphatic heterocycles. The molecule has 0 saturated carbocycles. The van der Waals surface area contributed by atoms with Crippen LogP contribution >= 0.6 is 0 Å². The molecule has 1 aromatic rings. The summed E-state index contributed by atoms with van der Waals surface area (Å²) in [5.41, 5.74) is 1.24. The molecule has 98 valence electrons. The molecule has 6 heteroatoms. The quantitative estimate of drug-likeness (QED) is 0.663. The van der Waals surface area contributed by atoms with Gasteiger partial charge >= 0.3 is 5.97 Å². The van der Waals surface area contributed by atoms with Crippen molar-refractivity contribution in [3.8, 4) is 0 Å². The largest absolute Gasteiger partial charge is 0.480 e. The number of carboxylic acids is 1. The van der Waals surface area contributed by atoms with Gasteiger partial charge in [0.1, 0.15) is 0 Å². The number of methoxy groups -OCH3 is 1. The second kappa shape index (κ2) is 6.73. The predicted octanol–water partition coefficient (Wildman–Crippen LogP) is 0.00830. The third-order valence-corrected chi connectivity index (χ3v) is 2.31. The van der Waals surface area contributed by atoms with E-state index in [0.717, 1.165) is 5.56 Å². The van der Waals surface area contributed by atoms with Gasteiger partial charge in [-0.2, -0.15) is 0 Å². The monoisotopic (exact) mass is 253 g/mol. The van der Waals surface area contributed by atoms with Crippen LogP contribution in [-0.2, 0) is 16.1 Å². The van der Waals surface area contributed by atoms with Crippen LogP contribution in [0.5, 0.6) is 0 Å². The van der Waals surface area contributed by atoms with Crippen molar-refractivity contribution in [3.63, 3.8) is 0 Å². The van der Waals surface area contributed by atoms with Crippen LogP contribution in [0.25, 0.3) is 0 Å². The number of aliphatic hydroxyl groups excluding tert-OH is 1. The van der Waals surface area contributed by atoms with Crippen molar-refractivity contribution in [1.82, 2.24) is 5.32 Å². The summed E-state index contributed by atoms with van der Waals surface area (Å²) in [7, 11) is 1.57. The van der Waals surface area contributed by atoms with E-state index in [1.54, 1.807) is 31.4 Å². The predicted molar refractivity (Wildman–Crippen MR) is 63.1 cm³/mol. The van der Waals surface area contributed by atoms with Crippen LogP contribution in [0.1, 0.15) is 15.9 Å². The molecule has 0 aliphatic carbocycles. The molecule has 0 heterocycles. The van der Waals surface area contributed by atoms with Crippen molar-refractivity contribution >= 4 is 11.9 Å². The normalized spacial score (nSPS) is 11.9. The second-order valence-electron chi connectivity index (χ2n) is 3.68. The summed E-state index contributed by atoms with van der Waals surface area (Å²) in [6.07, 6.45) is 0. The third-order valence-electron chi connectivity index (χ3n) is 2.31. The van der Waals surface area contributed by atoms with Gasteiger partial charge in [0.25, 0.3) is 5.91 Å². The standard InChI is InChI=1S/C12H15NO5/c1-18-7-8-2-4-9(5-3-8)11(15)13-10(6-14)12(16)17/h2-5,10,14H,6-7H2,1H3,(H,13,15)(H,16,17). The third kappa shape index (κ3) is 3.83. The summed E-state index contributed by atoms with van der Waals surface area (Å²) in [6.45, 7) is -0.209. The van der Waals surface area contributed by atoms with Gasteiger partial charge in [0.05, 0.1) is 13.2 Å². The fourth-order valence-corrected chi connectivity index (χ4v) is 1.35. The first-order chi connectivity index (χ1) is 8.58. The first-order valence-corrected chi connectivity index (χ1v) is 5.31. The fourth-order valence-electron chi connectivity index (χ4n) is 1.35. The average Bonchev–Trinajstić information content (AvgIpc) is 2.36. The highest BCUT2D eigenvalue weighted by molar-refractivity contribution is 5.96. The van der Waals surface area contributed by atoms with E-state index in [1.807, 2.05) is 0 Å². The van der Waals surface area contributed by atoms with Crippen molar-refractivity contribution in [2.45, 2.75) is 12.6 Å². The van der Waals surface area contributed by atoms with Crippen molar-refractivity contribution < 1.29 is 24.5 Å². The maximum absolute atomic E-state index is 11.7. The van der Waals surface area contributed by atoms with Gasteiger partial charge in [0.15, 0.2) is 6.04 Å². The smallest absolute Gasteiger partial charge is 0.328 e. The molecule has 6 nitrogen and oxygen atoms in total. The lowest BCUT2D eigenvalue weighted by atomic mass is 10.1. The Hall–Kier alpha value is -1.92. The maximum atomic E-state index is 11.7. The Morgan fingerprint density at radius 3 is 2.39 bits per heavy atom. The Morgan fingerprint density at radius 1 is 1.33 bits per heavy atom. The number of carboxylic acid groups (broad SMARTS) is 1. The minimum absolute atomic E-state index is 0.328. The van der Waals surface area contributed by atoms with E-state index in [9.17, 15) is 9.59 Å². The number of benzene rings is 1. The zero-order valence-corrected chi connectivity index (χ0v) is 9.92.